The molecule has 4 rings (SSSR count). The monoisotopic (exact) mass is 221 g/mol. The van der Waals surface area contributed by atoms with E-state index in [4.69, 9.17) is 4.74 Å². The first-order valence-corrected chi connectivity index (χ1v) is 6.19. The summed E-state index contributed by atoms with van der Waals surface area (Å²) in [5, 5.41) is 0. The van der Waals surface area contributed by atoms with Crippen LogP contribution in [0.25, 0.3) is 0 Å². The van der Waals surface area contributed by atoms with Gasteiger partial charge in [0.25, 0.3) is 0 Å². The molecule has 4 aliphatic rings. The number of esters is 1. The number of hydrogen-bond donors (Lipinski definition) is 0. The van der Waals surface area contributed by atoms with Crippen LogP contribution in [0.5, 0.6) is 0 Å². The molecule has 0 aromatic carbocycles. The van der Waals surface area contributed by atoms with Gasteiger partial charge in [-0.3, -0.25) is 0 Å². The normalized spacial score (nSPS) is 43.4. The van der Waals surface area contributed by atoms with Gasteiger partial charge in [0, 0.05) is 37.4 Å². The average molecular weight is 221 g/mol. The van der Waals surface area contributed by atoms with Gasteiger partial charge in [0.2, 0.25) is 0 Å². The van der Waals surface area contributed by atoms with Crippen molar-refractivity contribution in [1.29, 1.82) is 0 Å². The van der Waals surface area contributed by atoms with Gasteiger partial charge in [-0.1, -0.05) is 5.57 Å². The number of ether oxygens (including phenoxy) is 1. The molecule has 3 fully saturated rings. The maximum Gasteiger partial charge on any atom is 0.331 e. The van der Waals surface area contributed by atoms with Crippen molar-refractivity contribution in [3.63, 3.8) is 0 Å². The van der Waals surface area contributed by atoms with Gasteiger partial charge in [0.05, 0.1) is 0 Å². The highest BCUT2D eigenvalue weighted by molar-refractivity contribution is 5.84. The molecule has 3 atom stereocenters. The van der Waals surface area contributed by atoms with E-state index in [1.807, 2.05) is 6.92 Å². The fraction of sp³-hybridized carbons (Fsp3) is 0.769. The minimum absolute atomic E-state index is 0.126. The molecule has 2 saturated heterocycles. The topological polar surface area (TPSA) is 29.5 Å². The first-order chi connectivity index (χ1) is 7.59. The Balaban J connectivity index is 1.90. The van der Waals surface area contributed by atoms with Gasteiger partial charge in [0.1, 0.15) is 5.60 Å². The van der Waals surface area contributed by atoms with Crippen LogP contribution in [0.15, 0.2) is 11.6 Å². The second-order valence-corrected chi connectivity index (χ2v) is 5.73. The highest BCUT2D eigenvalue weighted by Gasteiger charge is 2.53. The molecule has 0 aromatic rings. The fourth-order valence-electron chi connectivity index (χ4n) is 3.79. The predicted molar refractivity (Wildman–Crippen MR) is 61.0 cm³/mol. The van der Waals surface area contributed by atoms with Crippen molar-refractivity contribution in [1.82, 2.24) is 4.90 Å². The highest BCUT2D eigenvalue weighted by Crippen LogP contribution is 2.48. The zero-order chi connectivity index (χ0) is 11.3. The Morgan fingerprint density at radius 2 is 2.31 bits per heavy atom. The summed E-state index contributed by atoms with van der Waals surface area (Å²) in [5.41, 5.74) is 1.03. The third-order valence-corrected chi connectivity index (χ3v) is 4.55. The molecular weight excluding hydrogens is 202 g/mol. The lowest BCUT2D eigenvalue weighted by atomic mass is 9.66. The number of nitrogens with zero attached hydrogens (tertiary/aromatic N) is 1. The Bertz CT molecular complexity index is 363. The lowest BCUT2D eigenvalue weighted by Crippen LogP contribution is -2.61. The summed E-state index contributed by atoms with van der Waals surface area (Å²) >= 11 is 0. The first kappa shape index (κ1) is 10.3. The molecule has 0 aromatic heterocycles. The number of fused-ring (bicyclic) bond motifs is 2. The summed E-state index contributed by atoms with van der Waals surface area (Å²) in [5.74, 6) is 0.411. The van der Waals surface area contributed by atoms with Crippen molar-refractivity contribution in [2.45, 2.75) is 44.2 Å². The van der Waals surface area contributed by atoms with E-state index in [9.17, 15) is 4.79 Å². The minimum atomic E-state index is -0.161. The predicted octanol–water partition coefficient (Wildman–Crippen LogP) is 1.73. The van der Waals surface area contributed by atoms with Crippen LogP contribution in [-0.4, -0.2) is 36.1 Å². The van der Waals surface area contributed by atoms with Crippen molar-refractivity contribution >= 4 is 5.97 Å². The molecule has 2 unspecified atom stereocenters. The first-order valence-electron chi connectivity index (χ1n) is 6.19. The third kappa shape index (κ3) is 1.41. The van der Waals surface area contributed by atoms with E-state index < -0.39 is 0 Å². The van der Waals surface area contributed by atoms with E-state index in [-0.39, 0.29) is 11.6 Å². The van der Waals surface area contributed by atoms with E-state index in [0.717, 1.165) is 19.4 Å². The molecule has 0 amide bonds. The zero-order valence-electron chi connectivity index (χ0n) is 10.0. The number of rotatable bonds is 0. The molecule has 1 aliphatic carbocycles. The minimum Gasteiger partial charge on any atom is -0.455 e. The van der Waals surface area contributed by atoms with Crippen molar-refractivity contribution in [2.24, 2.45) is 5.92 Å². The van der Waals surface area contributed by atoms with E-state index in [1.165, 1.54) is 18.4 Å². The number of carbonyl (C=O) groups excluding carboxylic acids is 1. The quantitative estimate of drug-likeness (QED) is 0.583. The summed E-state index contributed by atoms with van der Waals surface area (Å²) < 4.78 is 5.73. The molecule has 1 saturated carbocycles. The van der Waals surface area contributed by atoms with Crippen LogP contribution in [0.1, 0.15) is 32.6 Å². The van der Waals surface area contributed by atoms with Gasteiger partial charge < -0.3 is 9.64 Å². The largest absolute Gasteiger partial charge is 0.455 e. The fourth-order valence-corrected chi connectivity index (χ4v) is 3.79. The van der Waals surface area contributed by atoms with Gasteiger partial charge in [-0.05, 0) is 26.8 Å². The highest BCUT2D eigenvalue weighted by atomic mass is 16.6. The Morgan fingerprint density at radius 3 is 2.88 bits per heavy atom. The Morgan fingerprint density at radius 1 is 1.50 bits per heavy atom. The van der Waals surface area contributed by atoms with Crippen molar-refractivity contribution in [2.75, 3.05) is 13.6 Å². The Hall–Kier alpha value is -0.830. The van der Waals surface area contributed by atoms with Gasteiger partial charge in [-0.2, -0.15) is 0 Å². The Kier molecular flexibility index (Phi) is 2.15. The van der Waals surface area contributed by atoms with E-state index in [2.05, 4.69) is 11.9 Å². The Labute approximate surface area is 96.4 Å². The van der Waals surface area contributed by atoms with Crippen LogP contribution < -0.4 is 0 Å². The van der Waals surface area contributed by atoms with Crippen LogP contribution in [0.4, 0.5) is 0 Å². The second-order valence-electron chi connectivity index (χ2n) is 5.73. The van der Waals surface area contributed by atoms with E-state index >= 15 is 0 Å². The van der Waals surface area contributed by atoms with Crippen molar-refractivity contribution in [3.05, 3.63) is 11.6 Å². The molecule has 3 heteroatoms. The van der Waals surface area contributed by atoms with Crippen LogP contribution >= 0.6 is 0 Å². The standard InChI is InChI=1S/C13H19NO2/c1-9-5-12(15)16-13(6-9)7-11-4-3-10(13)8-14(11)2/h5,10-11H,3-4,6-8H2,1-2H3/t10-,11?,13?/m0/s1. The molecule has 0 radical (unpaired) electrons. The third-order valence-electron chi connectivity index (χ3n) is 4.55. The van der Waals surface area contributed by atoms with Crippen molar-refractivity contribution < 1.29 is 9.53 Å². The summed E-state index contributed by atoms with van der Waals surface area (Å²) in [6, 6.07) is 0.615. The van der Waals surface area contributed by atoms with E-state index in [1.54, 1.807) is 6.08 Å². The molecule has 3 heterocycles. The molecular formula is C13H19NO2. The van der Waals surface area contributed by atoms with Crippen LogP contribution in [0, 0.1) is 5.92 Å². The molecule has 3 nitrogen and oxygen atoms in total. The lowest BCUT2D eigenvalue weighted by Gasteiger charge is -2.55. The molecule has 16 heavy (non-hydrogen) atoms. The van der Waals surface area contributed by atoms with Crippen LogP contribution in [0.3, 0.4) is 0 Å². The summed E-state index contributed by atoms with van der Waals surface area (Å²) in [6.07, 6.45) is 6.12. The SMILES string of the molecule is CC1=CC(=O)OC2(C1)CC1CC[C@H]2CN1C. The summed E-state index contributed by atoms with van der Waals surface area (Å²) in [7, 11) is 2.19. The van der Waals surface area contributed by atoms with Gasteiger partial charge in [0.15, 0.2) is 0 Å². The number of hydrogen-bond acceptors (Lipinski definition) is 3. The lowest BCUT2D eigenvalue weighted by molar-refractivity contribution is -0.183. The smallest absolute Gasteiger partial charge is 0.331 e. The second kappa shape index (κ2) is 3.33. The van der Waals surface area contributed by atoms with Gasteiger partial charge in [-0.15, -0.1) is 0 Å². The molecule has 3 aliphatic heterocycles. The number of carbonyl (C=O) groups is 1. The molecule has 2 bridgehead atoms. The van der Waals surface area contributed by atoms with E-state index in [0.29, 0.717) is 12.0 Å². The maximum atomic E-state index is 11.6. The zero-order valence-corrected chi connectivity index (χ0v) is 10.0. The average Bonchev–Trinajstić information content (AvgIpc) is 2.18. The summed E-state index contributed by atoms with van der Waals surface area (Å²) in [4.78, 5) is 14.0. The molecule has 0 N–H and O–H groups in total. The number of piperidine rings is 2. The van der Waals surface area contributed by atoms with Gasteiger partial charge in [-0.25, -0.2) is 4.79 Å². The van der Waals surface area contributed by atoms with Gasteiger partial charge >= 0.3 is 5.97 Å². The maximum absolute atomic E-state index is 11.6. The summed E-state index contributed by atoms with van der Waals surface area (Å²) in [6.45, 7) is 3.14. The molecule has 1 spiro atoms. The van der Waals surface area contributed by atoms with Crippen LogP contribution in [-0.2, 0) is 9.53 Å². The molecule has 88 valence electrons. The van der Waals surface area contributed by atoms with Crippen LogP contribution in [0.2, 0.25) is 0 Å². The van der Waals surface area contributed by atoms with Crippen molar-refractivity contribution in [3.8, 4) is 0 Å².